The van der Waals surface area contributed by atoms with Crippen LogP contribution in [0.25, 0.3) is 10.9 Å². The van der Waals surface area contributed by atoms with E-state index in [0.29, 0.717) is 47.8 Å². The van der Waals surface area contributed by atoms with Crippen LogP contribution in [0.2, 0.25) is 0 Å². The van der Waals surface area contributed by atoms with E-state index in [-0.39, 0.29) is 11.1 Å². The Morgan fingerprint density at radius 1 is 1.11 bits per heavy atom. The molecule has 0 fully saturated rings. The van der Waals surface area contributed by atoms with Gasteiger partial charge >= 0.3 is 5.97 Å². The number of hydrogen-bond donors (Lipinski definition) is 1. The van der Waals surface area contributed by atoms with Gasteiger partial charge in [0, 0.05) is 36.5 Å². The van der Waals surface area contributed by atoms with Crippen LogP contribution in [0.15, 0.2) is 29.2 Å². The molecule has 1 aromatic heterocycles. The van der Waals surface area contributed by atoms with E-state index < -0.39 is 27.4 Å². The Bertz CT molecular complexity index is 1470. The molecule has 0 spiro atoms. The summed E-state index contributed by atoms with van der Waals surface area (Å²) in [5.74, 6) is -0.173. The Kier molecular flexibility index (Phi) is 6.15. The monoisotopic (exact) mass is 495 g/mol. The van der Waals surface area contributed by atoms with Crippen molar-refractivity contribution in [2.24, 2.45) is 0 Å². The molecule has 1 aliphatic heterocycles. The number of nitrogens with zero attached hydrogens (tertiary/aromatic N) is 3. The number of pyridine rings is 1. The van der Waals surface area contributed by atoms with Crippen molar-refractivity contribution in [3.8, 4) is 11.5 Å². The first kappa shape index (κ1) is 25.0. The average molecular weight is 496 g/mol. The van der Waals surface area contributed by atoms with Crippen molar-refractivity contribution in [1.29, 1.82) is 0 Å². The zero-order valence-corrected chi connectivity index (χ0v) is 21.2. The van der Waals surface area contributed by atoms with Gasteiger partial charge < -0.3 is 24.0 Å². The largest absolute Gasteiger partial charge is 0.493 e. The first-order valence-corrected chi connectivity index (χ1v) is 11.5. The fraction of sp³-hybridized carbons (Fsp3) is 0.385. The summed E-state index contributed by atoms with van der Waals surface area (Å²) in [6.45, 7) is 8.33. The van der Waals surface area contributed by atoms with Gasteiger partial charge in [-0.15, -0.1) is 0 Å². The summed E-state index contributed by atoms with van der Waals surface area (Å²) in [7, 11) is 3.13. The maximum Gasteiger partial charge on any atom is 0.341 e. The number of aryl methyl sites for hydroxylation is 1. The second kappa shape index (κ2) is 8.85. The van der Waals surface area contributed by atoms with E-state index in [1.807, 2.05) is 37.8 Å². The van der Waals surface area contributed by atoms with E-state index in [1.54, 1.807) is 25.7 Å². The SMILES string of the molecule is COc1cc2c(cc1OC)CN(c1c([N+](=O)[O-])cc3c(=O)c(C(=O)O)cn(C(C)(C)C)c3c1C)CC2. The van der Waals surface area contributed by atoms with Crippen LogP contribution in [0, 0.1) is 17.0 Å². The zero-order chi connectivity index (χ0) is 26.5. The molecule has 10 heteroatoms. The van der Waals surface area contributed by atoms with Gasteiger partial charge in [-0.1, -0.05) is 0 Å². The Hall–Kier alpha value is -4.08. The molecular weight excluding hydrogens is 466 g/mol. The highest BCUT2D eigenvalue weighted by atomic mass is 16.6. The summed E-state index contributed by atoms with van der Waals surface area (Å²) >= 11 is 0. The van der Waals surface area contributed by atoms with Gasteiger partial charge in [-0.05, 0) is 57.4 Å². The maximum absolute atomic E-state index is 13.1. The minimum Gasteiger partial charge on any atom is -0.493 e. The molecule has 0 saturated carbocycles. The van der Waals surface area contributed by atoms with Gasteiger partial charge in [0.2, 0.25) is 5.43 Å². The van der Waals surface area contributed by atoms with Crippen molar-refractivity contribution in [3.63, 3.8) is 0 Å². The number of methoxy groups -OCH3 is 2. The van der Waals surface area contributed by atoms with Gasteiger partial charge in [-0.2, -0.15) is 0 Å². The standard InChI is InChI=1S/C26H29N3O7/c1-14-22-17(24(30)18(25(31)32)13-28(22)26(2,3)4)11-19(29(33)34)23(14)27-8-7-15-9-20(35-5)21(36-6)10-16(15)12-27/h9-11,13H,7-8,12H2,1-6H3,(H,31,32). The first-order valence-electron chi connectivity index (χ1n) is 11.5. The lowest BCUT2D eigenvalue weighted by Gasteiger charge is -2.33. The summed E-state index contributed by atoms with van der Waals surface area (Å²) in [6.07, 6.45) is 1.96. The second-order valence-corrected chi connectivity index (χ2v) is 9.89. The lowest BCUT2D eigenvalue weighted by Crippen LogP contribution is -2.33. The number of hydrogen-bond acceptors (Lipinski definition) is 7. The summed E-state index contributed by atoms with van der Waals surface area (Å²) in [6, 6.07) is 5.03. The van der Waals surface area contributed by atoms with Crippen molar-refractivity contribution < 1.29 is 24.3 Å². The lowest BCUT2D eigenvalue weighted by molar-refractivity contribution is -0.384. The van der Waals surface area contributed by atoms with Crippen LogP contribution in [-0.4, -0.2) is 41.3 Å². The van der Waals surface area contributed by atoms with Crippen LogP contribution in [-0.2, 0) is 18.5 Å². The van der Waals surface area contributed by atoms with Gasteiger partial charge in [0.25, 0.3) is 5.69 Å². The van der Waals surface area contributed by atoms with Gasteiger partial charge in [0.15, 0.2) is 11.5 Å². The molecule has 0 unspecified atom stereocenters. The third kappa shape index (κ3) is 4.02. The Balaban J connectivity index is 2.00. The van der Waals surface area contributed by atoms with E-state index in [9.17, 15) is 24.8 Å². The lowest BCUT2D eigenvalue weighted by atomic mass is 9.95. The molecule has 2 aromatic carbocycles. The van der Waals surface area contributed by atoms with Crippen molar-refractivity contribution >= 4 is 28.2 Å². The quantitative estimate of drug-likeness (QED) is 0.411. The fourth-order valence-electron chi connectivity index (χ4n) is 4.95. The summed E-state index contributed by atoms with van der Waals surface area (Å²) < 4.78 is 12.6. The van der Waals surface area contributed by atoms with Crippen LogP contribution in [0.4, 0.5) is 11.4 Å². The average Bonchev–Trinajstić information content (AvgIpc) is 2.81. The molecule has 0 saturated heterocycles. The minimum atomic E-state index is -1.37. The Morgan fingerprint density at radius 2 is 1.72 bits per heavy atom. The van der Waals surface area contributed by atoms with Crippen LogP contribution >= 0.6 is 0 Å². The summed E-state index contributed by atoms with van der Waals surface area (Å²) in [5, 5.41) is 21.9. The molecule has 0 bridgehead atoms. The number of ether oxygens (including phenoxy) is 2. The van der Waals surface area contributed by atoms with Crippen LogP contribution in [0.3, 0.4) is 0 Å². The van der Waals surface area contributed by atoms with E-state index in [0.717, 1.165) is 11.1 Å². The number of nitro groups is 1. The molecular formula is C26H29N3O7. The number of carboxylic acids is 1. The van der Waals surface area contributed by atoms with Crippen LogP contribution < -0.4 is 19.8 Å². The van der Waals surface area contributed by atoms with Crippen LogP contribution in [0.5, 0.6) is 11.5 Å². The van der Waals surface area contributed by atoms with E-state index in [1.165, 1.54) is 12.3 Å². The highest BCUT2D eigenvalue weighted by molar-refractivity contribution is 5.97. The maximum atomic E-state index is 13.1. The molecule has 0 amide bonds. The first-order chi connectivity index (χ1) is 16.9. The molecule has 0 aliphatic carbocycles. The van der Waals surface area contributed by atoms with Crippen molar-refractivity contribution in [2.75, 3.05) is 25.7 Å². The third-order valence-electron chi connectivity index (χ3n) is 6.66. The number of carboxylic acid groups (broad SMARTS) is 1. The second-order valence-electron chi connectivity index (χ2n) is 9.89. The van der Waals surface area contributed by atoms with Crippen LogP contribution in [0.1, 0.15) is 47.8 Å². The predicted molar refractivity (Wildman–Crippen MR) is 136 cm³/mol. The zero-order valence-electron chi connectivity index (χ0n) is 21.2. The van der Waals surface area contributed by atoms with Crippen molar-refractivity contribution in [3.05, 3.63) is 67.0 Å². The number of nitro benzene ring substituents is 1. The summed E-state index contributed by atoms with van der Waals surface area (Å²) in [5.41, 5.74) is 1.49. The number of fused-ring (bicyclic) bond motifs is 2. The summed E-state index contributed by atoms with van der Waals surface area (Å²) in [4.78, 5) is 38.5. The fourth-order valence-corrected chi connectivity index (χ4v) is 4.95. The number of rotatable bonds is 5. The minimum absolute atomic E-state index is 0.0154. The molecule has 190 valence electrons. The third-order valence-corrected chi connectivity index (χ3v) is 6.66. The normalized spacial score (nSPS) is 13.4. The molecule has 0 atom stereocenters. The molecule has 36 heavy (non-hydrogen) atoms. The number of benzene rings is 2. The number of aromatic carboxylic acids is 1. The van der Waals surface area contributed by atoms with E-state index >= 15 is 0 Å². The Morgan fingerprint density at radius 3 is 2.25 bits per heavy atom. The highest BCUT2D eigenvalue weighted by Crippen LogP contribution is 2.41. The van der Waals surface area contributed by atoms with Gasteiger partial charge in [-0.3, -0.25) is 14.9 Å². The Labute approximate surface area is 207 Å². The van der Waals surface area contributed by atoms with E-state index in [2.05, 4.69) is 0 Å². The topological polar surface area (TPSA) is 124 Å². The molecule has 3 aromatic rings. The predicted octanol–water partition coefficient (Wildman–Crippen LogP) is 4.25. The molecule has 10 nitrogen and oxygen atoms in total. The molecule has 1 aliphatic rings. The number of carbonyl (C=O) groups is 1. The van der Waals surface area contributed by atoms with Crippen molar-refractivity contribution in [2.45, 2.75) is 46.2 Å². The number of aromatic nitrogens is 1. The highest BCUT2D eigenvalue weighted by Gasteiger charge is 2.31. The molecule has 1 N–H and O–H groups in total. The van der Waals surface area contributed by atoms with Gasteiger partial charge in [0.05, 0.1) is 30.0 Å². The molecule has 4 rings (SSSR count). The van der Waals surface area contributed by atoms with Gasteiger partial charge in [0.1, 0.15) is 11.3 Å². The molecule has 2 heterocycles. The van der Waals surface area contributed by atoms with E-state index in [4.69, 9.17) is 9.47 Å². The van der Waals surface area contributed by atoms with Gasteiger partial charge in [-0.25, -0.2) is 4.79 Å². The van der Waals surface area contributed by atoms with Crippen molar-refractivity contribution in [1.82, 2.24) is 4.57 Å². The molecule has 0 radical (unpaired) electrons. The smallest absolute Gasteiger partial charge is 0.341 e. The number of anilines is 1.